The summed E-state index contributed by atoms with van der Waals surface area (Å²) in [5.74, 6) is 0. The van der Waals surface area contributed by atoms with Gasteiger partial charge >= 0.3 is 0 Å². The molecule has 0 aliphatic heterocycles. The molecular formula is C24H19ClO2S. The van der Waals surface area contributed by atoms with Gasteiger partial charge in [-0.05, 0) is 64.7 Å². The van der Waals surface area contributed by atoms with Crippen LogP contribution in [0.15, 0.2) is 82.6 Å². The van der Waals surface area contributed by atoms with Crippen LogP contribution in [0.1, 0.15) is 29.3 Å². The fraction of sp³-hybridized carbons (Fsp3) is 0.167. The van der Waals surface area contributed by atoms with Gasteiger partial charge in [-0.3, -0.25) is 0 Å². The molecule has 1 aliphatic rings. The van der Waals surface area contributed by atoms with E-state index in [1.54, 1.807) is 24.3 Å². The van der Waals surface area contributed by atoms with Crippen molar-refractivity contribution in [3.63, 3.8) is 0 Å². The van der Waals surface area contributed by atoms with Crippen LogP contribution in [0.4, 0.5) is 0 Å². The van der Waals surface area contributed by atoms with Crippen molar-refractivity contribution >= 4 is 43.0 Å². The van der Waals surface area contributed by atoms with Crippen LogP contribution in [0.3, 0.4) is 0 Å². The van der Waals surface area contributed by atoms with E-state index in [4.69, 9.17) is 11.6 Å². The van der Waals surface area contributed by atoms with Crippen LogP contribution in [0, 0.1) is 0 Å². The number of halogens is 1. The molecule has 4 aromatic rings. The summed E-state index contributed by atoms with van der Waals surface area (Å²) in [7, 11) is -3.63. The number of alkyl halides is 1. The van der Waals surface area contributed by atoms with Crippen molar-refractivity contribution in [3.8, 4) is 0 Å². The summed E-state index contributed by atoms with van der Waals surface area (Å²) >= 11 is 6.57. The normalized spacial score (nSPS) is 17.0. The van der Waals surface area contributed by atoms with Crippen LogP contribution in [0.5, 0.6) is 0 Å². The van der Waals surface area contributed by atoms with Gasteiger partial charge in [0, 0.05) is 5.39 Å². The van der Waals surface area contributed by atoms with Gasteiger partial charge in [0.05, 0.1) is 15.2 Å². The first-order valence-corrected chi connectivity index (χ1v) is 11.4. The molecule has 0 spiro atoms. The summed E-state index contributed by atoms with van der Waals surface area (Å²) in [6.45, 7) is 0. The Balaban J connectivity index is 1.91. The highest BCUT2D eigenvalue weighted by Gasteiger charge is 2.25. The van der Waals surface area contributed by atoms with E-state index in [0.29, 0.717) is 9.79 Å². The Hall–Kier alpha value is -2.36. The van der Waals surface area contributed by atoms with E-state index in [0.717, 1.165) is 46.4 Å². The first-order valence-electron chi connectivity index (χ1n) is 9.49. The SMILES string of the molecule is O=S(=O)(c1ccccc1)c1cc2c3c(ccc2c2ccccc12)C(Cl)CCC3. The Morgan fingerprint density at radius 1 is 0.786 bits per heavy atom. The van der Waals surface area contributed by atoms with Crippen molar-refractivity contribution in [2.75, 3.05) is 0 Å². The standard InChI is InChI=1S/C24H19ClO2S/c25-23-12-6-11-18-20(23)14-13-19-17-9-4-5-10-21(17)24(15-22(18)19)28(26,27)16-7-2-1-3-8-16/h1-5,7-10,13-15,23H,6,11-12H2. The topological polar surface area (TPSA) is 34.1 Å². The van der Waals surface area contributed by atoms with Crippen molar-refractivity contribution < 1.29 is 8.42 Å². The molecule has 0 fully saturated rings. The van der Waals surface area contributed by atoms with Gasteiger partial charge in [-0.2, -0.15) is 0 Å². The van der Waals surface area contributed by atoms with Gasteiger partial charge in [0.2, 0.25) is 9.84 Å². The number of hydrogen-bond donors (Lipinski definition) is 0. The second kappa shape index (κ2) is 6.61. The van der Waals surface area contributed by atoms with Gasteiger partial charge in [0.15, 0.2) is 0 Å². The van der Waals surface area contributed by atoms with Crippen LogP contribution in [-0.4, -0.2) is 8.42 Å². The minimum atomic E-state index is -3.63. The maximum Gasteiger partial charge on any atom is 0.207 e. The molecule has 0 N–H and O–H groups in total. The summed E-state index contributed by atoms with van der Waals surface area (Å²) in [5.41, 5.74) is 2.33. The van der Waals surface area contributed by atoms with Crippen molar-refractivity contribution in [1.29, 1.82) is 0 Å². The Labute approximate surface area is 169 Å². The maximum atomic E-state index is 13.5. The van der Waals surface area contributed by atoms with Gasteiger partial charge in [0.1, 0.15) is 0 Å². The highest BCUT2D eigenvalue weighted by Crippen LogP contribution is 2.42. The van der Waals surface area contributed by atoms with Gasteiger partial charge in [-0.15, -0.1) is 11.6 Å². The molecule has 140 valence electrons. The number of rotatable bonds is 2. The average molecular weight is 407 g/mol. The molecule has 2 nitrogen and oxygen atoms in total. The van der Waals surface area contributed by atoms with Gasteiger partial charge in [-0.25, -0.2) is 8.42 Å². The van der Waals surface area contributed by atoms with Crippen LogP contribution in [0.25, 0.3) is 21.5 Å². The van der Waals surface area contributed by atoms with E-state index in [1.807, 2.05) is 36.4 Å². The van der Waals surface area contributed by atoms with Crippen molar-refractivity contribution in [1.82, 2.24) is 0 Å². The molecule has 0 aromatic heterocycles. The predicted molar refractivity (Wildman–Crippen MR) is 115 cm³/mol. The van der Waals surface area contributed by atoms with Crippen LogP contribution in [0.2, 0.25) is 0 Å². The molecule has 4 aromatic carbocycles. The number of hydrogen-bond acceptors (Lipinski definition) is 2. The molecule has 5 rings (SSSR count). The smallest absolute Gasteiger partial charge is 0.207 e. The molecule has 0 saturated heterocycles. The Bertz CT molecular complexity index is 1310. The zero-order valence-corrected chi connectivity index (χ0v) is 16.8. The molecule has 0 bridgehead atoms. The molecule has 0 heterocycles. The number of fused-ring (bicyclic) bond motifs is 5. The molecule has 1 atom stereocenters. The van der Waals surface area contributed by atoms with Crippen LogP contribution >= 0.6 is 11.6 Å². The minimum absolute atomic E-state index is 0.00574. The predicted octanol–water partition coefficient (Wildman–Crippen LogP) is 6.44. The van der Waals surface area contributed by atoms with E-state index in [2.05, 4.69) is 12.1 Å². The van der Waals surface area contributed by atoms with E-state index in [-0.39, 0.29) is 5.38 Å². The lowest BCUT2D eigenvalue weighted by molar-refractivity contribution is 0.597. The fourth-order valence-electron chi connectivity index (χ4n) is 4.36. The lowest BCUT2D eigenvalue weighted by Crippen LogP contribution is -2.07. The lowest BCUT2D eigenvalue weighted by atomic mass is 9.86. The van der Waals surface area contributed by atoms with Gasteiger partial charge in [-0.1, -0.05) is 54.6 Å². The van der Waals surface area contributed by atoms with E-state index < -0.39 is 9.84 Å². The fourth-order valence-corrected chi connectivity index (χ4v) is 6.23. The summed E-state index contributed by atoms with van der Waals surface area (Å²) in [6.07, 6.45) is 2.91. The molecule has 0 amide bonds. The third-order valence-corrected chi connectivity index (χ3v) is 7.98. The van der Waals surface area contributed by atoms with Crippen LogP contribution < -0.4 is 0 Å². The van der Waals surface area contributed by atoms with E-state index >= 15 is 0 Å². The Morgan fingerprint density at radius 2 is 1.46 bits per heavy atom. The van der Waals surface area contributed by atoms with Crippen LogP contribution in [-0.2, 0) is 16.3 Å². The molecule has 1 unspecified atom stereocenters. The quantitative estimate of drug-likeness (QED) is 0.283. The van der Waals surface area contributed by atoms with Gasteiger partial charge < -0.3 is 0 Å². The Kier molecular flexibility index (Phi) is 4.18. The lowest BCUT2D eigenvalue weighted by Gasteiger charge is -2.23. The third kappa shape index (κ3) is 2.65. The molecule has 0 radical (unpaired) electrons. The molecule has 4 heteroatoms. The summed E-state index contributed by atoms with van der Waals surface area (Å²) < 4.78 is 27.0. The number of aryl methyl sites for hydroxylation is 1. The molecule has 0 saturated carbocycles. The summed E-state index contributed by atoms with van der Waals surface area (Å²) in [5, 5.41) is 3.82. The first-order chi connectivity index (χ1) is 13.6. The number of benzene rings is 4. The highest BCUT2D eigenvalue weighted by atomic mass is 35.5. The van der Waals surface area contributed by atoms with Crippen molar-refractivity contribution in [2.45, 2.75) is 34.4 Å². The monoisotopic (exact) mass is 406 g/mol. The Morgan fingerprint density at radius 3 is 2.25 bits per heavy atom. The van der Waals surface area contributed by atoms with Gasteiger partial charge in [0.25, 0.3) is 0 Å². The first kappa shape index (κ1) is 17.7. The zero-order valence-electron chi connectivity index (χ0n) is 15.2. The second-order valence-corrected chi connectivity index (χ2v) is 9.77. The van der Waals surface area contributed by atoms with Crippen molar-refractivity contribution in [3.05, 3.63) is 83.9 Å². The summed E-state index contributed by atoms with van der Waals surface area (Å²) in [6, 6.07) is 22.5. The highest BCUT2D eigenvalue weighted by molar-refractivity contribution is 7.91. The van der Waals surface area contributed by atoms with Crippen molar-refractivity contribution in [2.24, 2.45) is 0 Å². The molecule has 1 aliphatic carbocycles. The number of sulfone groups is 1. The maximum absolute atomic E-state index is 13.5. The van der Waals surface area contributed by atoms with E-state index in [9.17, 15) is 8.42 Å². The molecule has 28 heavy (non-hydrogen) atoms. The summed E-state index contributed by atoms with van der Waals surface area (Å²) in [4.78, 5) is 0.686. The second-order valence-electron chi connectivity index (χ2n) is 7.33. The van der Waals surface area contributed by atoms with E-state index in [1.165, 1.54) is 5.56 Å². The zero-order chi connectivity index (χ0) is 19.3. The largest absolute Gasteiger partial charge is 0.218 e. The third-order valence-electron chi connectivity index (χ3n) is 5.72. The average Bonchev–Trinajstić information content (AvgIpc) is 2.73. The molecular weight excluding hydrogens is 388 g/mol. The minimum Gasteiger partial charge on any atom is -0.218 e.